The predicted octanol–water partition coefficient (Wildman–Crippen LogP) is 6.04. The van der Waals surface area contributed by atoms with Gasteiger partial charge < -0.3 is 11.1 Å². The molecule has 0 aliphatic rings. The molecular weight excluding hydrogens is 391 g/mol. The molecular formula is C22H24Cl2N4. The summed E-state index contributed by atoms with van der Waals surface area (Å²) in [5.74, 6) is 1.46. The lowest BCUT2D eigenvalue weighted by atomic mass is 10.2. The van der Waals surface area contributed by atoms with Crippen LogP contribution >= 0.6 is 23.2 Å². The van der Waals surface area contributed by atoms with Crippen molar-refractivity contribution in [2.24, 2.45) is 5.73 Å². The zero-order valence-electron chi connectivity index (χ0n) is 15.7. The fourth-order valence-electron chi connectivity index (χ4n) is 2.90. The van der Waals surface area contributed by atoms with E-state index in [-0.39, 0.29) is 0 Å². The van der Waals surface area contributed by atoms with Crippen molar-refractivity contribution >= 4 is 52.1 Å². The lowest BCUT2D eigenvalue weighted by Crippen LogP contribution is -2.06. The number of hydrogen-bond acceptors (Lipinski definition) is 4. The Kier molecular flexibility index (Phi) is 7.66. The lowest BCUT2D eigenvalue weighted by Gasteiger charge is -2.10. The fraction of sp³-hybridized carbons (Fsp3) is 0.273. The summed E-state index contributed by atoms with van der Waals surface area (Å²) in [4.78, 5) is 9.34. The third-order valence-electron chi connectivity index (χ3n) is 4.39. The number of rotatable bonds is 9. The molecule has 146 valence electrons. The summed E-state index contributed by atoms with van der Waals surface area (Å²) in [7, 11) is 0. The van der Waals surface area contributed by atoms with Crippen LogP contribution in [0.5, 0.6) is 0 Å². The Morgan fingerprint density at radius 3 is 2.39 bits per heavy atom. The maximum atomic E-state index is 6.18. The topological polar surface area (TPSA) is 63.8 Å². The Bertz CT molecular complexity index is 939. The molecule has 6 heteroatoms. The molecule has 0 spiro atoms. The molecule has 0 fully saturated rings. The maximum absolute atomic E-state index is 6.18. The van der Waals surface area contributed by atoms with Crippen molar-refractivity contribution in [2.45, 2.75) is 25.7 Å². The number of benzene rings is 2. The Hall–Kier alpha value is -2.14. The highest BCUT2D eigenvalue weighted by molar-refractivity contribution is 6.31. The first-order chi connectivity index (χ1) is 13.7. The summed E-state index contributed by atoms with van der Waals surface area (Å²) in [5, 5.41) is 5.76. The smallest absolute Gasteiger partial charge is 0.154 e. The zero-order valence-corrected chi connectivity index (χ0v) is 17.2. The van der Waals surface area contributed by atoms with Crippen LogP contribution in [0.25, 0.3) is 23.1 Å². The minimum Gasteiger partial charge on any atom is -0.369 e. The van der Waals surface area contributed by atoms with E-state index in [0.29, 0.717) is 15.9 Å². The summed E-state index contributed by atoms with van der Waals surface area (Å²) in [6, 6.07) is 13.3. The van der Waals surface area contributed by atoms with Gasteiger partial charge >= 0.3 is 0 Å². The van der Waals surface area contributed by atoms with E-state index in [1.165, 1.54) is 0 Å². The van der Waals surface area contributed by atoms with Gasteiger partial charge in [-0.25, -0.2) is 9.97 Å². The molecule has 0 bridgehead atoms. The van der Waals surface area contributed by atoms with Gasteiger partial charge in [0.05, 0.1) is 5.52 Å². The molecule has 2 aromatic carbocycles. The number of nitrogens with one attached hydrogen (secondary N) is 1. The van der Waals surface area contributed by atoms with Gasteiger partial charge in [-0.15, -0.1) is 0 Å². The molecule has 0 unspecified atom stereocenters. The van der Waals surface area contributed by atoms with Gasteiger partial charge in [0.1, 0.15) is 5.82 Å². The van der Waals surface area contributed by atoms with E-state index in [9.17, 15) is 0 Å². The van der Waals surface area contributed by atoms with Crippen LogP contribution in [0.3, 0.4) is 0 Å². The van der Waals surface area contributed by atoms with Crippen molar-refractivity contribution in [1.82, 2.24) is 9.97 Å². The summed E-state index contributed by atoms with van der Waals surface area (Å²) < 4.78 is 0. The molecule has 0 saturated carbocycles. The summed E-state index contributed by atoms with van der Waals surface area (Å²) in [5.41, 5.74) is 7.45. The molecule has 3 rings (SSSR count). The average molecular weight is 415 g/mol. The van der Waals surface area contributed by atoms with Crippen LogP contribution in [0.2, 0.25) is 10.0 Å². The number of hydrogen-bond donors (Lipinski definition) is 2. The molecule has 0 aliphatic carbocycles. The van der Waals surface area contributed by atoms with Crippen molar-refractivity contribution in [1.29, 1.82) is 0 Å². The predicted molar refractivity (Wildman–Crippen MR) is 121 cm³/mol. The fourth-order valence-corrected chi connectivity index (χ4v) is 3.20. The molecule has 3 N–H and O–H groups in total. The number of aromatic nitrogens is 2. The molecule has 0 aliphatic heterocycles. The molecule has 0 saturated heterocycles. The van der Waals surface area contributed by atoms with E-state index in [2.05, 4.69) is 10.3 Å². The second kappa shape index (κ2) is 10.4. The largest absolute Gasteiger partial charge is 0.369 e. The van der Waals surface area contributed by atoms with E-state index >= 15 is 0 Å². The third-order valence-corrected chi connectivity index (χ3v) is 4.88. The standard InChI is InChI=1S/C22H24Cl2N4/c23-17-8-5-16(6-9-17)7-12-21-27-20-11-10-18(24)15-19(20)22(28-21)26-14-4-2-1-3-13-25/h5-12,15H,1-4,13-14,25H2,(H,26,27,28)/b12-7+. The van der Waals surface area contributed by atoms with Gasteiger partial charge in [-0.1, -0.05) is 54.3 Å². The van der Waals surface area contributed by atoms with Crippen LogP contribution in [-0.4, -0.2) is 23.1 Å². The second-order valence-electron chi connectivity index (χ2n) is 6.61. The molecule has 1 aromatic heterocycles. The van der Waals surface area contributed by atoms with Crippen molar-refractivity contribution in [3.63, 3.8) is 0 Å². The molecule has 1 heterocycles. The van der Waals surface area contributed by atoms with E-state index in [4.69, 9.17) is 33.9 Å². The number of unbranched alkanes of at least 4 members (excludes halogenated alkanes) is 3. The number of fused-ring (bicyclic) bond motifs is 1. The number of anilines is 1. The Morgan fingerprint density at radius 1 is 0.857 bits per heavy atom. The maximum Gasteiger partial charge on any atom is 0.154 e. The Labute approximate surface area is 175 Å². The van der Waals surface area contributed by atoms with Crippen molar-refractivity contribution in [2.75, 3.05) is 18.4 Å². The summed E-state index contributed by atoms with van der Waals surface area (Å²) in [6.07, 6.45) is 8.34. The normalized spacial score (nSPS) is 11.4. The van der Waals surface area contributed by atoms with Crippen LogP contribution in [0, 0.1) is 0 Å². The van der Waals surface area contributed by atoms with Gasteiger partial charge in [-0.05, 0) is 61.4 Å². The minimum absolute atomic E-state index is 0.649. The summed E-state index contributed by atoms with van der Waals surface area (Å²) >= 11 is 12.1. The minimum atomic E-state index is 0.649. The first-order valence-corrected chi connectivity index (χ1v) is 10.3. The van der Waals surface area contributed by atoms with E-state index in [1.807, 2.05) is 54.6 Å². The van der Waals surface area contributed by atoms with Crippen LogP contribution < -0.4 is 11.1 Å². The second-order valence-corrected chi connectivity index (χ2v) is 7.48. The third kappa shape index (κ3) is 5.93. The summed E-state index contributed by atoms with van der Waals surface area (Å²) in [6.45, 7) is 1.61. The highest BCUT2D eigenvalue weighted by Crippen LogP contribution is 2.25. The number of nitrogens with zero attached hydrogens (tertiary/aromatic N) is 2. The molecule has 0 atom stereocenters. The van der Waals surface area contributed by atoms with Gasteiger partial charge in [0.15, 0.2) is 5.82 Å². The van der Waals surface area contributed by atoms with Crippen LogP contribution in [-0.2, 0) is 0 Å². The van der Waals surface area contributed by atoms with Gasteiger partial charge in [-0.2, -0.15) is 0 Å². The van der Waals surface area contributed by atoms with E-state index in [0.717, 1.165) is 61.1 Å². The molecule has 3 aromatic rings. The monoisotopic (exact) mass is 414 g/mol. The zero-order chi connectivity index (χ0) is 19.8. The van der Waals surface area contributed by atoms with Gasteiger partial charge in [0, 0.05) is 22.0 Å². The van der Waals surface area contributed by atoms with Crippen molar-refractivity contribution in [3.8, 4) is 0 Å². The Balaban J connectivity index is 1.79. The van der Waals surface area contributed by atoms with Crippen LogP contribution in [0.4, 0.5) is 5.82 Å². The first kappa shape index (κ1) is 20.6. The van der Waals surface area contributed by atoms with E-state index in [1.54, 1.807) is 0 Å². The number of halogens is 2. The van der Waals surface area contributed by atoms with Crippen LogP contribution in [0.1, 0.15) is 37.1 Å². The van der Waals surface area contributed by atoms with Crippen molar-refractivity contribution < 1.29 is 0 Å². The van der Waals surface area contributed by atoms with Gasteiger partial charge in [0.2, 0.25) is 0 Å². The van der Waals surface area contributed by atoms with Crippen LogP contribution in [0.15, 0.2) is 42.5 Å². The highest BCUT2D eigenvalue weighted by Gasteiger charge is 2.07. The van der Waals surface area contributed by atoms with E-state index < -0.39 is 0 Å². The Morgan fingerprint density at radius 2 is 1.61 bits per heavy atom. The molecule has 0 amide bonds. The lowest BCUT2D eigenvalue weighted by molar-refractivity contribution is 0.661. The molecule has 4 nitrogen and oxygen atoms in total. The first-order valence-electron chi connectivity index (χ1n) is 9.50. The average Bonchev–Trinajstić information content (AvgIpc) is 2.70. The SMILES string of the molecule is NCCCCCCNc1nc(/C=C/c2ccc(Cl)cc2)nc2ccc(Cl)cc12. The highest BCUT2D eigenvalue weighted by atomic mass is 35.5. The van der Waals surface area contributed by atoms with Gasteiger partial charge in [0.25, 0.3) is 0 Å². The van der Waals surface area contributed by atoms with Crippen molar-refractivity contribution in [3.05, 3.63) is 63.9 Å². The quantitative estimate of drug-likeness (QED) is 0.419. The van der Waals surface area contributed by atoms with Gasteiger partial charge in [-0.3, -0.25) is 0 Å². The number of nitrogens with two attached hydrogens (primary N) is 1. The molecule has 28 heavy (non-hydrogen) atoms. The molecule has 0 radical (unpaired) electrons.